The minimum Gasteiger partial charge on any atom is -0.338 e. The van der Waals surface area contributed by atoms with E-state index in [2.05, 4.69) is 16.9 Å². The number of para-hydroxylation sites is 1. The van der Waals surface area contributed by atoms with E-state index < -0.39 is 6.04 Å². The normalized spacial score (nSPS) is 15.7. The number of benzene rings is 1. The Bertz CT molecular complexity index is 1360. The second kappa shape index (κ2) is 8.90. The topological polar surface area (TPSA) is 81.2 Å². The Labute approximate surface area is 197 Å². The predicted octanol–water partition coefficient (Wildman–Crippen LogP) is 2.41. The van der Waals surface area contributed by atoms with Crippen LogP contribution in [0.5, 0.6) is 0 Å². The summed E-state index contributed by atoms with van der Waals surface area (Å²) in [5.74, 6) is 0.550. The minimum atomic E-state index is -0.707. The first-order chi connectivity index (χ1) is 16.5. The molecular weight excluding hydrogens is 430 g/mol. The number of rotatable bonds is 5. The van der Waals surface area contributed by atoms with Crippen molar-refractivity contribution in [1.29, 1.82) is 0 Å². The van der Waals surface area contributed by atoms with E-state index >= 15 is 0 Å². The number of hydrogen-bond donors (Lipinski definition) is 0. The predicted molar refractivity (Wildman–Crippen MR) is 131 cm³/mol. The van der Waals surface area contributed by atoms with E-state index in [1.807, 2.05) is 71.2 Å². The number of carbonyl (C=O) groups is 1. The maximum Gasteiger partial charge on any atom is 0.280 e. The number of fused-ring (bicyclic) bond motifs is 1. The Balaban J connectivity index is 1.63. The molecule has 1 aromatic carbocycles. The lowest BCUT2D eigenvalue weighted by Gasteiger charge is -2.35. The molecule has 9 heteroatoms. The second-order valence-electron chi connectivity index (χ2n) is 8.66. The molecular formula is C25H29N7O2. The summed E-state index contributed by atoms with van der Waals surface area (Å²) >= 11 is 0. The van der Waals surface area contributed by atoms with Gasteiger partial charge in [-0.05, 0) is 44.7 Å². The van der Waals surface area contributed by atoms with Crippen LogP contribution in [-0.4, -0.2) is 72.6 Å². The van der Waals surface area contributed by atoms with Gasteiger partial charge in [-0.15, -0.1) is 0 Å². The molecule has 1 atom stereocenters. The molecule has 1 saturated heterocycles. The molecule has 34 heavy (non-hydrogen) atoms. The molecule has 9 nitrogen and oxygen atoms in total. The first kappa shape index (κ1) is 22.1. The van der Waals surface area contributed by atoms with Crippen molar-refractivity contribution < 1.29 is 4.79 Å². The Morgan fingerprint density at radius 2 is 1.68 bits per heavy atom. The first-order valence-electron chi connectivity index (χ1n) is 11.7. The van der Waals surface area contributed by atoms with Gasteiger partial charge in [0.05, 0.1) is 11.4 Å². The lowest BCUT2D eigenvalue weighted by molar-refractivity contribution is -0.136. The lowest BCUT2D eigenvalue weighted by atomic mass is 10.2. The zero-order chi connectivity index (χ0) is 23.8. The largest absolute Gasteiger partial charge is 0.338 e. The number of nitrogens with zero attached hydrogens (tertiary/aromatic N) is 7. The van der Waals surface area contributed by atoms with Gasteiger partial charge in [0.2, 0.25) is 5.91 Å². The highest BCUT2D eigenvalue weighted by Crippen LogP contribution is 2.25. The summed E-state index contributed by atoms with van der Waals surface area (Å²) in [6.07, 6.45) is 3.77. The molecule has 0 bridgehead atoms. The molecule has 1 aliphatic rings. The van der Waals surface area contributed by atoms with E-state index in [1.165, 1.54) is 4.68 Å². The highest BCUT2D eigenvalue weighted by atomic mass is 16.2. The molecule has 1 amide bonds. The lowest BCUT2D eigenvalue weighted by Crippen LogP contribution is -2.51. The van der Waals surface area contributed by atoms with Crippen molar-refractivity contribution in [2.24, 2.45) is 0 Å². The van der Waals surface area contributed by atoms with Gasteiger partial charge in [0.1, 0.15) is 16.9 Å². The van der Waals surface area contributed by atoms with Crippen LogP contribution in [0.1, 0.15) is 25.6 Å². The summed E-state index contributed by atoms with van der Waals surface area (Å²) < 4.78 is 4.97. The molecule has 3 aromatic heterocycles. The second-order valence-corrected chi connectivity index (χ2v) is 8.66. The van der Waals surface area contributed by atoms with Crippen LogP contribution in [0.3, 0.4) is 0 Å². The average molecular weight is 460 g/mol. The van der Waals surface area contributed by atoms with Crippen molar-refractivity contribution in [2.45, 2.75) is 26.8 Å². The molecule has 0 aliphatic carbocycles. The number of likely N-dealkylation sites (N-methyl/N-ethyl adjacent to an activating group) is 1. The van der Waals surface area contributed by atoms with Gasteiger partial charge in [-0.3, -0.25) is 9.59 Å². The Morgan fingerprint density at radius 1 is 1.00 bits per heavy atom. The van der Waals surface area contributed by atoms with Crippen LogP contribution in [-0.2, 0) is 4.79 Å². The van der Waals surface area contributed by atoms with Crippen LogP contribution >= 0.6 is 0 Å². The van der Waals surface area contributed by atoms with Crippen LogP contribution < -0.4 is 5.56 Å². The summed E-state index contributed by atoms with van der Waals surface area (Å²) in [7, 11) is 0. The van der Waals surface area contributed by atoms with Gasteiger partial charge >= 0.3 is 0 Å². The van der Waals surface area contributed by atoms with E-state index in [-0.39, 0.29) is 11.5 Å². The molecule has 0 N–H and O–H groups in total. The van der Waals surface area contributed by atoms with Crippen molar-refractivity contribution in [3.8, 4) is 11.5 Å². The zero-order valence-corrected chi connectivity index (χ0v) is 19.8. The maximum absolute atomic E-state index is 13.8. The third-order valence-corrected chi connectivity index (χ3v) is 6.59. The quantitative estimate of drug-likeness (QED) is 0.458. The van der Waals surface area contributed by atoms with Crippen molar-refractivity contribution in [3.05, 3.63) is 70.9 Å². The Hall–Kier alpha value is -3.72. The summed E-state index contributed by atoms with van der Waals surface area (Å²) in [4.78, 5) is 31.3. The van der Waals surface area contributed by atoms with Crippen LogP contribution in [0.2, 0.25) is 0 Å². The summed E-state index contributed by atoms with van der Waals surface area (Å²) in [6.45, 7) is 9.69. The molecule has 4 aromatic rings. The molecule has 0 spiro atoms. The molecule has 1 aliphatic heterocycles. The highest BCUT2D eigenvalue weighted by Gasteiger charge is 2.29. The van der Waals surface area contributed by atoms with Gasteiger partial charge in [0.15, 0.2) is 5.82 Å². The first-order valence-corrected chi connectivity index (χ1v) is 11.7. The molecule has 0 saturated carbocycles. The fraction of sp³-hybridized carbons (Fsp3) is 0.360. The van der Waals surface area contributed by atoms with Gasteiger partial charge in [0.25, 0.3) is 5.56 Å². The van der Waals surface area contributed by atoms with Crippen LogP contribution in [0, 0.1) is 6.92 Å². The Kier molecular flexibility index (Phi) is 5.79. The van der Waals surface area contributed by atoms with E-state index in [0.717, 1.165) is 25.3 Å². The van der Waals surface area contributed by atoms with Gasteiger partial charge in [-0.25, -0.2) is 9.36 Å². The molecule has 4 heterocycles. The monoisotopic (exact) mass is 459 g/mol. The SMILES string of the molecule is CCN1CCN(C(=O)[C@H](C)n2nc(C)c3nn(-c4ccccc4)c(-n4cccc4)c3c2=O)CC1. The number of hydrogen-bond acceptors (Lipinski definition) is 5. The highest BCUT2D eigenvalue weighted by molar-refractivity contribution is 5.88. The molecule has 5 rings (SSSR count). The smallest absolute Gasteiger partial charge is 0.280 e. The van der Waals surface area contributed by atoms with Crippen molar-refractivity contribution >= 4 is 16.8 Å². The maximum atomic E-state index is 13.8. The van der Waals surface area contributed by atoms with E-state index in [9.17, 15) is 9.59 Å². The number of carbonyl (C=O) groups excluding carboxylic acids is 1. The average Bonchev–Trinajstić information content (AvgIpc) is 3.54. The summed E-state index contributed by atoms with van der Waals surface area (Å²) in [5.41, 5.74) is 1.66. The van der Waals surface area contributed by atoms with Crippen LogP contribution in [0.4, 0.5) is 0 Å². The minimum absolute atomic E-state index is 0.0814. The molecule has 176 valence electrons. The molecule has 0 radical (unpaired) electrons. The van der Waals surface area contributed by atoms with E-state index in [0.29, 0.717) is 35.5 Å². The molecule has 1 fully saturated rings. The number of aromatic nitrogens is 5. The number of amides is 1. The van der Waals surface area contributed by atoms with E-state index in [4.69, 9.17) is 5.10 Å². The van der Waals surface area contributed by atoms with Crippen molar-refractivity contribution in [1.82, 2.24) is 33.9 Å². The van der Waals surface area contributed by atoms with Crippen molar-refractivity contribution in [3.63, 3.8) is 0 Å². The number of aryl methyl sites for hydroxylation is 1. The van der Waals surface area contributed by atoms with Crippen molar-refractivity contribution in [2.75, 3.05) is 32.7 Å². The summed E-state index contributed by atoms with van der Waals surface area (Å²) in [5, 5.41) is 9.76. The van der Waals surface area contributed by atoms with Gasteiger partial charge < -0.3 is 14.4 Å². The van der Waals surface area contributed by atoms with Crippen LogP contribution in [0.25, 0.3) is 22.4 Å². The Morgan fingerprint density at radius 3 is 2.32 bits per heavy atom. The fourth-order valence-corrected chi connectivity index (χ4v) is 4.61. The van der Waals surface area contributed by atoms with Gasteiger partial charge in [0, 0.05) is 38.6 Å². The fourth-order valence-electron chi connectivity index (χ4n) is 4.61. The van der Waals surface area contributed by atoms with Crippen LogP contribution in [0.15, 0.2) is 59.7 Å². The molecule has 0 unspecified atom stereocenters. The third kappa shape index (κ3) is 3.71. The van der Waals surface area contributed by atoms with E-state index in [1.54, 1.807) is 11.6 Å². The number of piperazine rings is 1. The van der Waals surface area contributed by atoms with Gasteiger partial charge in [-0.1, -0.05) is 25.1 Å². The third-order valence-electron chi connectivity index (χ3n) is 6.59. The zero-order valence-electron chi connectivity index (χ0n) is 19.8. The van der Waals surface area contributed by atoms with Gasteiger partial charge in [-0.2, -0.15) is 10.2 Å². The standard InChI is InChI=1S/C25H29N7O2/c1-4-28-14-16-30(17-15-28)24(33)19(3)31-25(34)21-22(18(2)26-31)27-32(20-10-6-5-7-11-20)23(21)29-12-8-9-13-29/h5-13,19H,4,14-17H2,1-3H3/t19-/m0/s1. The summed E-state index contributed by atoms with van der Waals surface area (Å²) in [6, 6.07) is 12.8.